The van der Waals surface area contributed by atoms with E-state index in [1.54, 1.807) is 13.1 Å². The molecule has 0 saturated carbocycles. The van der Waals surface area contributed by atoms with Crippen LogP contribution in [0.1, 0.15) is 19.2 Å². The van der Waals surface area contributed by atoms with Crippen molar-refractivity contribution in [1.82, 2.24) is 14.7 Å². The minimum Gasteiger partial charge on any atom is -0.373 e. The van der Waals surface area contributed by atoms with Crippen molar-refractivity contribution in [3.05, 3.63) is 11.9 Å². The molecule has 3 N–H and O–H groups in total. The van der Waals surface area contributed by atoms with E-state index in [9.17, 15) is 8.42 Å². The first-order valence-electron chi connectivity index (χ1n) is 6.21. The number of hydrogen-bond donors (Lipinski definition) is 3. The average Bonchev–Trinajstić information content (AvgIpc) is 2.38. The lowest BCUT2D eigenvalue weighted by molar-refractivity contribution is 0.588. The summed E-state index contributed by atoms with van der Waals surface area (Å²) in [4.78, 5) is 8.66. The highest BCUT2D eigenvalue weighted by molar-refractivity contribution is 7.89. The van der Waals surface area contributed by atoms with E-state index in [2.05, 4.69) is 32.2 Å². The van der Waals surface area contributed by atoms with Crippen LogP contribution in [0.25, 0.3) is 0 Å². The maximum Gasteiger partial charge on any atom is 0.213 e. The summed E-state index contributed by atoms with van der Waals surface area (Å²) in [5.74, 6) is 2.10. The van der Waals surface area contributed by atoms with E-state index in [-0.39, 0.29) is 5.75 Å². The number of sulfonamides is 1. The number of nitrogens with zero attached hydrogens (tertiary/aromatic N) is 2. The summed E-state index contributed by atoms with van der Waals surface area (Å²) in [7, 11) is -0.0109. The smallest absolute Gasteiger partial charge is 0.213 e. The van der Waals surface area contributed by atoms with Crippen LogP contribution >= 0.6 is 0 Å². The number of rotatable bonds is 8. The molecule has 0 bridgehead atoms. The summed E-state index contributed by atoms with van der Waals surface area (Å²) >= 11 is 0. The second kappa shape index (κ2) is 7.25. The summed E-state index contributed by atoms with van der Waals surface area (Å²) in [6, 6.07) is 1.76. The molecule has 0 saturated heterocycles. The second-order valence-electron chi connectivity index (χ2n) is 4.00. The van der Waals surface area contributed by atoms with Crippen molar-refractivity contribution in [3.63, 3.8) is 0 Å². The first-order valence-corrected chi connectivity index (χ1v) is 7.86. The molecule has 0 amide bonds. The van der Waals surface area contributed by atoms with Crippen molar-refractivity contribution < 1.29 is 8.42 Å². The standard InChI is InChI=1S/C11H21N5O2S/c1-4-5-9-15-10(12-2)8-11(16-9)14-6-7-19(17,18)13-3/h8,13H,4-7H2,1-3H3,(H2,12,14,15,16). The fourth-order valence-corrected chi connectivity index (χ4v) is 2.04. The van der Waals surface area contributed by atoms with Gasteiger partial charge in [-0.2, -0.15) is 0 Å². The van der Waals surface area contributed by atoms with Gasteiger partial charge in [0.05, 0.1) is 5.75 Å². The molecular weight excluding hydrogens is 266 g/mol. The van der Waals surface area contributed by atoms with E-state index < -0.39 is 10.0 Å². The number of aromatic nitrogens is 2. The summed E-state index contributed by atoms with van der Waals surface area (Å²) in [6.45, 7) is 2.36. The molecule has 0 aliphatic rings. The van der Waals surface area contributed by atoms with Crippen LogP contribution in [0.5, 0.6) is 0 Å². The molecule has 1 aromatic rings. The van der Waals surface area contributed by atoms with Crippen LogP contribution < -0.4 is 15.4 Å². The van der Waals surface area contributed by atoms with Crippen LogP contribution in [-0.4, -0.2) is 44.8 Å². The van der Waals surface area contributed by atoms with Gasteiger partial charge >= 0.3 is 0 Å². The number of anilines is 2. The van der Waals surface area contributed by atoms with Crippen molar-refractivity contribution in [2.45, 2.75) is 19.8 Å². The van der Waals surface area contributed by atoms with Crippen molar-refractivity contribution in [2.75, 3.05) is 37.0 Å². The Morgan fingerprint density at radius 3 is 2.47 bits per heavy atom. The van der Waals surface area contributed by atoms with Gasteiger partial charge in [-0.1, -0.05) is 6.92 Å². The van der Waals surface area contributed by atoms with Crippen LogP contribution in [0.3, 0.4) is 0 Å². The molecule has 0 spiro atoms. The fraction of sp³-hybridized carbons (Fsp3) is 0.636. The van der Waals surface area contributed by atoms with Crippen molar-refractivity contribution in [2.24, 2.45) is 0 Å². The number of hydrogen-bond acceptors (Lipinski definition) is 6. The van der Waals surface area contributed by atoms with Gasteiger partial charge in [0.2, 0.25) is 10.0 Å². The van der Waals surface area contributed by atoms with Crippen LogP contribution in [-0.2, 0) is 16.4 Å². The summed E-state index contributed by atoms with van der Waals surface area (Å²) in [5.41, 5.74) is 0. The van der Waals surface area contributed by atoms with Gasteiger partial charge in [-0.25, -0.2) is 23.1 Å². The predicted molar refractivity (Wildman–Crippen MR) is 76.9 cm³/mol. The maximum absolute atomic E-state index is 11.3. The van der Waals surface area contributed by atoms with Gasteiger partial charge in [0.25, 0.3) is 0 Å². The lowest BCUT2D eigenvalue weighted by atomic mass is 10.3. The van der Waals surface area contributed by atoms with Crippen LogP contribution in [0, 0.1) is 0 Å². The highest BCUT2D eigenvalue weighted by Crippen LogP contribution is 2.11. The van der Waals surface area contributed by atoms with Gasteiger partial charge < -0.3 is 10.6 Å². The largest absolute Gasteiger partial charge is 0.373 e. The van der Waals surface area contributed by atoms with Crippen LogP contribution in [0.15, 0.2) is 6.07 Å². The fourth-order valence-electron chi connectivity index (χ4n) is 1.47. The Morgan fingerprint density at radius 1 is 1.21 bits per heavy atom. The highest BCUT2D eigenvalue weighted by Gasteiger charge is 2.07. The Hall–Kier alpha value is -1.41. The molecule has 0 aromatic carbocycles. The molecular formula is C11H21N5O2S. The molecule has 0 aliphatic carbocycles. The molecule has 0 unspecified atom stereocenters. The van der Waals surface area contributed by atoms with E-state index in [0.717, 1.165) is 24.5 Å². The molecule has 0 aliphatic heterocycles. The first-order chi connectivity index (χ1) is 9.00. The molecule has 0 radical (unpaired) electrons. The van der Waals surface area contributed by atoms with E-state index in [1.165, 1.54) is 7.05 Å². The van der Waals surface area contributed by atoms with Gasteiger partial charge in [-0.05, 0) is 13.5 Å². The number of aryl methyl sites for hydroxylation is 1. The van der Waals surface area contributed by atoms with Gasteiger partial charge in [-0.3, -0.25) is 0 Å². The van der Waals surface area contributed by atoms with Gasteiger partial charge in [0, 0.05) is 26.1 Å². The Kier molecular flexibility index (Phi) is 5.97. The average molecular weight is 287 g/mol. The zero-order valence-corrected chi connectivity index (χ0v) is 12.3. The normalized spacial score (nSPS) is 11.3. The Morgan fingerprint density at radius 2 is 1.89 bits per heavy atom. The Bertz CT molecular complexity index is 504. The lowest BCUT2D eigenvalue weighted by Crippen LogP contribution is -2.26. The third-order valence-electron chi connectivity index (χ3n) is 2.49. The Labute approximate surface area is 114 Å². The van der Waals surface area contributed by atoms with E-state index in [4.69, 9.17) is 0 Å². The molecule has 1 heterocycles. The maximum atomic E-state index is 11.3. The van der Waals surface area contributed by atoms with Crippen molar-refractivity contribution in [1.29, 1.82) is 0 Å². The van der Waals surface area contributed by atoms with E-state index in [1.807, 2.05) is 0 Å². The van der Waals surface area contributed by atoms with Crippen molar-refractivity contribution >= 4 is 21.7 Å². The summed E-state index contributed by atoms with van der Waals surface area (Å²) < 4.78 is 24.8. The van der Waals surface area contributed by atoms with Gasteiger partial charge in [0.1, 0.15) is 17.5 Å². The monoisotopic (exact) mass is 287 g/mol. The zero-order valence-electron chi connectivity index (χ0n) is 11.5. The molecule has 0 fully saturated rings. The minimum absolute atomic E-state index is 0.00546. The molecule has 8 heteroatoms. The topological polar surface area (TPSA) is 96.0 Å². The third-order valence-corrected chi connectivity index (χ3v) is 3.85. The SMILES string of the molecule is CCCc1nc(NC)cc(NCCS(=O)(=O)NC)n1. The van der Waals surface area contributed by atoms with Gasteiger partial charge in [0.15, 0.2) is 0 Å². The minimum atomic E-state index is -3.20. The summed E-state index contributed by atoms with van der Waals surface area (Å²) in [6.07, 6.45) is 1.75. The first kappa shape index (κ1) is 15.6. The molecule has 1 rings (SSSR count). The predicted octanol–water partition coefficient (Wildman–Crippen LogP) is 0.432. The lowest BCUT2D eigenvalue weighted by Gasteiger charge is -2.09. The van der Waals surface area contributed by atoms with E-state index in [0.29, 0.717) is 12.4 Å². The second-order valence-corrected chi connectivity index (χ2v) is 6.05. The van der Waals surface area contributed by atoms with Crippen LogP contribution in [0.2, 0.25) is 0 Å². The van der Waals surface area contributed by atoms with Crippen LogP contribution in [0.4, 0.5) is 11.6 Å². The molecule has 0 atom stereocenters. The van der Waals surface area contributed by atoms with E-state index >= 15 is 0 Å². The zero-order chi connectivity index (χ0) is 14.3. The quantitative estimate of drug-likeness (QED) is 0.642. The molecule has 7 nitrogen and oxygen atoms in total. The molecule has 1 aromatic heterocycles. The van der Waals surface area contributed by atoms with Gasteiger partial charge in [-0.15, -0.1) is 0 Å². The molecule has 19 heavy (non-hydrogen) atoms. The summed E-state index contributed by atoms with van der Waals surface area (Å²) in [5, 5.41) is 5.96. The third kappa shape index (κ3) is 5.39. The Balaban J connectivity index is 2.69. The highest BCUT2D eigenvalue weighted by atomic mass is 32.2. The number of nitrogens with one attached hydrogen (secondary N) is 3. The molecule has 108 valence electrons. The van der Waals surface area contributed by atoms with Crippen molar-refractivity contribution in [3.8, 4) is 0 Å².